The van der Waals surface area contributed by atoms with E-state index in [4.69, 9.17) is 16.3 Å². The number of ketones is 1. The van der Waals surface area contributed by atoms with E-state index in [0.29, 0.717) is 17.3 Å². The Bertz CT molecular complexity index is 761. The largest absolute Gasteiger partial charge is 0.361 e. The standard InChI is InChI=1S/C19H27ClN2O2Si/c1-25(2,3)11-10-24-13-22-12-15(18(23)14-6-4-5-7-14)17-16(20)8-9-21-19(17)22/h8-9,12,14H,4-7,10-11,13H2,1-3H3. The topological polar surface area (TPSA) is 44.1 Å². The molecule has 1 fully saturated rings. The first-order valence-electron chi connectivity index (χ1n) is 9.12. The Morgan fingerprint density at radius 3 is 2.76 bits per heavy atom. The number of Topliss-reactive ketones (excluding diaryl/α,β-unsaturated/α-hetero) is 1. The van der Waals surface area contributed by atoms with Crippen LogP contribution in [0.5, 0.6) is 0 Å². The van der Waals surface area contributed by atoms with Gasteiger partial charge in [0.1, 0.15) is 12.4 Å². The fourth-order valence-electron chi connectivity index (χ4n) is 3.41. The van der Waals surface area contributed by atoms with Crippen LogP contribution in [0.2, 0.25) is 30.7 Å². The molecule has 2 aromatic heterocycles. The van der Waals surface area contributed by atoms with Gasteiger partial charge < -0.3 is 9.30 Å². The molecule has 1 aliphatic carbocycles. The van der Waals surface area contributed by atoms with E-state index in [0.717, 1.165) is 49.4 Å². The first-order chi connectivity index (χ1) is 11.9. The lowest BCUT2D eigenvalue weighted by molar-refractivity contribution is 0.0886. The predicted molar refractivity (Wildman–Crippen MR) is 105 cm³/mol. The van der Waals surface area contributed by atoms with Crippen molar-refractivity contribution >= 4 is 36.5 Å². The van der Waals surface area contributed by atoms with Gasteiger partial charge in [-0.1, -0.05) is 44.1 Å². The van der Waals surface area contributed by atoms with E-state index in [1.165, 1.54) is 0 Å². The molecule has 1 aliphatic rings. The summed E-state index contributed by atoms with van der Waals surface area (Å²) in [6.07, 6.45) is 7.82. The van der Waals surface area contributed by atoms with Crippen LogP contribution in [0, 0.1) is 5.92 Å². The van der Waals surface area contributed by atoms with E-state index in [-0.39, 0.29) is 11.7 Å². The Morgan fingerprint density at radius 1 is 1.36 bits per heavy atom. The van der Waals surface area contributed by atoms with E-state index in [1.54, 1.807) is 12.3 Å². The third kappa shape index (κ3) is 4.33. The van der Waals surface area contributed by atoms with Crippen molar-refractivity contribution in [3.8, 4) is 0 Å². The Morgan fingerprint density at radius 2 is 2.08 bits per heavy atom. The molecule has 4 nitrogen and oxygen atoms in total. The molecule has 0 unspecified atom stereocenters. The fourth-order valence-corrected chi connectivity index (χ4v) is 4.41. The molecule has 0 aliphatic heterocycles. The maximum Gasteiger partial charge on any atom is 0.168 e. The van der Waals surface area contributed by atoms with Gasteiger partial charge in [0, 0.05) is 43.9 Å². The second-order valence-electron chi connectivity index (χ2n) is 8.20. The minimum atomic E-state index is -1.11. The molecule has 0 spiro atoms. The number of halogens is 1. The van der Waals surface area contributed by atoms with Crippen LogP contribution in [0.4, 0.5) is 0 Å². The van der Waals surface area contributed by atoms with E-state index in [2.05, 4.69) is 24.6 Å². The summed E-state index contributed by atoms with van der Waals surface area (Å²) in [5, 5.41) is 1.36. The molecule has 0 amide bonds. The zero-order chi connectivity index (χ0) is 18.0. The van der Waals surface area contributed by atoms with Gasteiger partial charge in [-0.15, -0.1) is 0 Å². The van der Waals surface area contributed by atoms with Crippen molar-refractivity contribution in [3.63, 3.8) is 0 Å². The average Bonchev–Trinajstić information content (AvgIpc) is 3.19. The van der Waals surface area contributed by atoms with Gasteiger partial charge in [-0.25, -0.2) is 4.98 Å². The molecule has 6 heteroatoms. The molecule has 2 heterocycles. The molecule has 0 radical (unpaired) electrons. The van der Waals surface area contributed by atoms with Gasteiger partial charge in [-0.3, -0.25) is 4.79 Å². The molecule has 2 aromatic rings. The number of fused-ring (bicyclic) bond motifs is 1. The fraction of sp³-hybridized carbons (Fsp3) is 0.579. The number of ether oxygens (including phenoxy) is 1. The normalized spacial score (nSPS) is 16.0. The summed E-state index contributed by atoms with van der Waals surface area (Å²) in [6.45, 7) is 8.15. The Balaban J connectivity index is 1.84. The second kappa shape index (κ2) is 7.60. The lowest BCUT2D eigenvalue weighted by Crippen LogP contribution is -2.22. The van der Waals surface area contributed by atoms with Crippen LogP contribution < -0.4 is 0 Å². The molecule has 3 rings (SSSR count). The summed E-state index contributed by atoms with van der Waals surface area (Å²) in [6, 6.07) is 2.87. The number of rotatable bonds is 7. The summed E-state index contributed by atoms with van der Waals surface area (Å²) in [5.74, 6) is 0.335. The number of aromatic nitrogens is 2. The number of carbonyl (C=O) groups is 1. The number of carbonyl (C=O) groups excluding carboxylic acids is 1. The van der Waals surface area contributed by atoms with Crippen LogP contribution in [-0.2, 0) is 11.5 Å². The van der Waals surface area contributed by atoms with E-state index < -0.39 is 8.07 Å². The Kier molecular flexibility index (Phi) is 5.66. The van der Waals surface area contributed by atoms with Crippen LogP contribution in [-0.4, -0.2) is 30.0 Å². The van der Waals surface area contributed by atoms with Crippen LogP contribution in [0.15, 0.2) is 18.5 Å². The van der Waals surface area contributed by atoms with Crippen LogP contribution in [0.25, 0.3) is 11.0 Å². The average molecular weight is 379 g/mol. The molecule has 136 valence electrons. The molecule has 0 N–H and O–H groups in total. The van der Waals surface area contributed by atoms with Crippen molar-refractivity contribution in [2.45, 2.75) is 58.1 Å². The van der Waals surface area contributed by atoms with Gasteiger partial charge in [0.2, 0.25) is 0 Å². The van der Waals surface area contributed by atoms with Gasteiger partial charge in [-0.2, -0.15) is 0 Å². The number of hydrogen-bond acceptors (Lipinski definition) is 3. The van der Waals surface area contributed by atoms with Gasteiger partial charge >= 0.3 is 0 Å². The van der Waals surface area contributed by atoms with Crippen LogP contribution in [0.1, 0.15) is 36.0 Å². The quantitative estimate of drug-likeness (QED) is 0.369. The molecule has 0 saturated heterocycles. The SMILES string of the molecule is C[Si](C)(C)CCOCn1cc(C(=O)C2CCCC2)c2c(Cl)ccnc21. The zero-order valence-electron chi connectivity index (χ0n) is 15.3. The maximum absolute atomic E-state index is 13.0. The van der Waals surface area contributed by atoms with Gasteiger partial charge in [-0.05, 0) is 25.0 Å². The number of hydrogen-bond donors (Lipinski definition) is 0. The smallest absolute Gasteiger partial charge is 0.168 e. The summed E-state index contributed by atoms with van der Waals surface area (Å²) >= 11 is 6.41. The van der Waals surface area contributed by atoms with Gasteiger partial charge in [0.25, 0.3) is 0 Å². The molecule has 0 atom stereocenters. The summed E-state index contributed by atoms with van der Waals surface area (Å²) in [4.78, 5) is 17.4. The summed E-state index contributed by atoms with van der Waals surface area (Å²) in [5.41, 5.74) is 1.44. The zero-order valence-corrected chi connectivity index (χ0v) is 17.1. The maximum atomic E-state index is 13.0. The first-order valence-corrected chi connectivity index (χ1v) is 13.2. The minimum absolute atomic E-state index is 0.128. The van der Waals surface area contributed by atoms with Gasteiger partial charge in [0.15, 0.2) is 5.78 Å². The highest BCUT2D eigenvalue weighted by atomic mass is 35.5. The third-order valence-electron chi connectivity index (χ3n) is 4.92. The van der Waals surface area contributed by atoms with Crippen molar-refractivity contribution in [2.75, 3.05) is 6.61 Å². The van der Waals surface area contributed by atoms with Crippen molar-refractivity contribution < 1.29 is 9.53 Å². The molecular formula is C19H27ClN2O2Si. The first kappa shape index (κ1) is 18.6. The second-order valence-corrected chi connectivity index (χ2v) is 14.2. The van der Waals surface area contributed by atoms with Crippen LogP contribution >= 0.6 is 11.6 Å². The molecular weight excluding hydrogens is 352 g/mol. The van der Waals surface area contributed by atoms with Crippen molar-refractivity contribution in [2.24, 2.45) is 5.92 Å². The number of nitrogens with zero attached hydrogens (tertiary/aromatic N) is 2. The summed E-state index contributed by atoms with van der Waals surface area (Å²) < 4.78 is 7.79. The highest BCUT2D eigenvalue weighted by Gasteiger charge is 2.27. The Labute approximate surface area is 155 Å². The lowest BCUT2D eigenvalue weighted by Gasteiger charge is -2.15. The van der Waals surface area contributed by atoms with E-state index >= 15 is 0 Å². The lowest BCUT2D eigenvalue weighted by atomic mass is 9.96. The molecule has 0 bridgehead atoms. The van der Waals surface area contributed by atoms with Gasteiger partial charge in [0.05, 0.1) is 5.02 Å². The highest BCUT2D eigenvalue weighted by Crippen LogP contribution is 2.33. The highest BCUT2D eigenvalue weighted by molar-refractivity contribution is 6.76. The van der Waals surface area contributed by atoms with Crippen molar-refractivity contribution in [1.29, 1.82) is 0 Å². The molecule has 1 saturated carbocycles. The molecule has 0 aromatic carbocycles. The van der Waals surface area contributed by atoms with E-state index in [1.807, 2.05) is 10.8 Å². The number of pyridine rings is 1. The minimum Gasteiger partial charge on any atom is -0.361 e. The van der Waals surface area contributed by atoms with Crippen molar-refractivity contribution in [3.05, 3.63) is 29.0 Å². The summed E-state index contributed by atoms with van der Waals surface area (Å²) in [7, 11) is -1.11. The Hall–Kier alpha value is -1.17. The third-order valence-corrected chi connectivity index (χ3v) is 6.94. The van der Waals surface area contributed by atoms with Crippen LogP contribution in [0.3, 0.4) is 0 Å². The van der Waals surface area contributed by atoms with Crippen molar-refractivity contribution in [1.82, 2.24) is 9.55 Å². The molecule has 25 heavy (non-hydrogen) atoms. The monoisotopic (exact) mass is 378 g/mol. The predicted octanol–water partition coefficient (Wildman–Crippen LogP) is 5.37. The van der Waals surface area contributed by atoms with E-state index in [9.17, 15) is 4.79 Å².